The van der Waals surface area contributed by atoms with E-state index in [4.69, 9.17) is 24.9 Å². The van der Waals surface area contributed by atoms with E-state index in [1.54, 1.807) is 14.2 Å². The summed E-state index contributed by atoms with van der Waals surface area (Å²) in [6.07, 6.45) is 5.91. The Bertz CT molecular complexity index is 1630. The van der Waals surface area contributed by atoms with Gasteiger partial charge < -0.3 is 19.9 Å². The lowest BCUT2D eigenvalue weighted by atomic mass is 9.68. The summed E-state index contributed by atoms with van der Waals surface area (Å²) in [6.45, 7) is 3.04. The van der Waals surface area contributed by atoms with Gasteiger partial charge in [-0.2, -0.15) is 0 Å². The number of methoxy groups -OCH3 is 2. The molecule has 7 nitrogen and oxygen atoms in total. The fourth-order valence-electron chi connectivity index (χ4n) is 6.32. The molecular weight excluding hydrogens is 514 g/mol. The average molecular weight is 550 g/mol. The molecule has 1 aliphatic heterocycles. The molecule has 0 bridgehead atoms. The Kier molecular flexibility index (Phi) is 7.37. The molecule has 0 saturated heterocycles. The second kappa shape index (κ2) is 11.3. The number of fused-ring (bicyclic) bond motifs is 3. The molecule has 1 aliphatic carbocycles. The molecule has 0 fully saturated rings. The van der Waals surface area contributed by atoms with Crippen molar-refractivity contribution in [3.05, 3.63) is 101 Å². The van der Waals surface area contributed by atoms with Gasteiger partial charge in [-0.1, -0.05) is 48.6 Å². The number of benzene rings is 3. The van der Waals surface area contributed by atoms with Crippen LogP contribution in [-0.4, -0.2) is 49.7 Å². The van der Waals surface area contributed by atoms with E-state index >= 15 is 0 Å². The molecule has 2 N–H and O–H groups in total. The highest BCUT2D eigenvalue weighted by Crippen LogP contribution is 2.47. The van der Waals surface area contributed by atoms with Gasteiger partial charge in [-0.25, -0.2) is 0 Å². The van der Waals surface area contributed by atoms with E-state index in [2.05, 4.69) is 47.4 Å². The quantitative estimate of drug-likeness (QED) is 0.306. The minimum absolute atomic E-state index is 0.143. The van der Waals surface area contributed by atoms with E-state index in [1.165, 1.54) is 11.1 Å². The standard InChI is InChI=1S/C34H35N3O4/c1-39-30-19-23-13-15-37(22-26(23)20-31(30)40-2)16-17-41-29-12-6-4-10-27(29)34(21-32(35)38)14-7-9-25-18-24-8-3-5-11-28(24)36-33(25)34/h3-12,18-20H,13-17,21-22H2,1-2H3,(H2,35,38). The molecule has 1 unspecified atom stereocenters. The molecule has 210 valence electrons. The Hall–Kier alpha value is -4.36. The summed E-state index contributed by atoms with van der Waals surface area (Å²) < 4.78 is 17.5. The van der Waals surface area contributed by atoms with Gasteiger partial charge in [0.2, 0.25) is 5.91 Å². The maximum absolute atomic E-state index is 12.5. The smallest absolute Gasteiger partial charge is 0.218 e. The lowest BCUT2D eigenvalue weighted by molar-refractivity contribution is -0.119. The Morgan fingerprint density at radius 3 is 2.54 bits per heavy atom. The number of nitrogens with zero attached hydrogens (tertiary/aromatic N) is 2. The van der Waals surface area contributed by atoms with E-state index in [9.17, 15) is 4.79 Å². The monoisotopic (exact) mass is 549 g/mol. The normalized spacial score (nSPS) is 18.0. The highest BCUT2D eigenvalue weighted by atomic mass is 16.5. The fourth-order valence-corrected chi connectivity index (χ4v) is 6.32. The van der Waals surface area contributed by atoms with Crippen molar-refractivity contribution >= 4 is 22.9 Å². The summed E-state index contributed by atoms with van der Waals surface area (Å²) in [5.41, 5.74) is 11.4. The van der Waals surface area contributed by atoms with E-state index in [-0.39, 0.29) is 12.3 Å². The Morgan fingerprint density at radius 1 is 0.976 bits per heavy atom. The van der Waals surface area contributed by atoms with Crippen molar-refractivity contribution < 1.29 is 19.0 Å². The van der Waals surface area contributed by atoms with Crippen molar-refractivity contribution in [2.45, 2.75) is 31.2 Å². The van der Waals surface area contributed by atoms with Gasteiger partial charge in [0.05, 0.1) is 30.8 Å². The van der Waals surface area contributed by atoms with Gasteiger partial charge in [-0.05, 0) is 59.9 Å². The summed E-state index contributed by atoms with van der Waals surface area (Å²) in [6, 6.07) is 22.4. The summed E-state index contributed by atoms with van der Waals surface area (Å²) in [5.74, 6) is 1.91. The first kappa shape index (κ1) is 26.8. The van der Waals surface area contributed by atoms with Crippen LogP contribution >= 0.6 is 0 Å². The summed E-state index contributed by atoms with van der Waals surface area (Å²) in [5, 5.41) is 1.06. The number of primary amides is 1. The summed E-state index contributed by atoms with van der Waals surface area (Å²) >= 11 is 0. The zero-order chi connectivity index (χ0) is 28.4. The van der Waals surface area contributed by atoms with Crippen LogP contribution in [0.5, 0.6) is 17.2 Å². The highest BCUT2D eigenvalue weighted by Gasteiger charge is 2.42. The van der Waals surface area contributed by atoms with Crippen molar-refractivity contribution in [2.24, 2.45) is 5.73 Å². The van der Waals surface area contributed by atoms with Crippen LogP contribution in [0.1, 0.15) is 40.8 Å². The van der Waals surface area contributed by atoms with E-state index in [0.29, 0.717) is 13.0 Å². The maximum Gasteiger partial charge on any atom is 0.218 e. The minimum Gasteiger partial charge on any atom is -0.493 e. The lowest BCUT2D eigenvalue weighted by Gasteiger charge is -2.37. The molecule has 6 rings (SSSR count). The maximum atomic E-state index is 12.5. The number of hydrogen-bond acceptors (Lipinski definition) is 6. The van der Waals surface area contributed by atoms with Crippen molar-refractivity contribution in [1.82, 2.24) is 9.88 Å². The van der Waals surface area contributed by atoms with Crippen LogP contribution in [0, 0.1) is 0 Å². The zero-order valence-electron chi connectivity index (χ0n) is 23.6. The first-order valence-electron chi connectivity index (χ1n) is 14.0. The molecular formula is C34H35N3O4. The number of nitrogens with two attached hydrogens (primary N) is 1. The van der Waals surface area contributed by atoms with Crippen LogP contribution in [0.2, 0.25) is 0 Å². The number of hydrogen-bond donors (Lipinski definition) is 1. The van der Waals surface area contributed by atoms with Crippen LogP contribution in [-0.2, 0) is 23.2 Å². The predicted octanol–water partition coefficient (Wildman–Crippen LogP) is 5.27. The number of carbonyl (C=O) groups is 1. The molecule has 4 aromatic rings. The molecule has 0 spiro atoms. The largest absolute Gasteiger partial charge is 0.493 e. The molecule has 2 heterocycles. The molecule has 1 atom stereocenters. The van der Waals surface area contributed by atoms with E-state index < -0.39 is 5.41 Å². The molecule has 41 heavy (non-hydrogen) atoms. The van der Waals surface area contributed by atoms with Crippen LogP contribution in [0.3, 0.4) is 0 Å². The first-order valence-corrected chi connectivity index (χ1v) is 14.0. The van der Waals surface area contributed by atoms with Crippen LogP contribution in [0.25, 0.3) is 17.0 Å². The van der Waals surface area contributed by atoms with Gasteiger partial charge >= 0.3 is 0 Å². The Morgan fingerprint density at radius 2 is 1.73 bits per heavy atom. The van der Waals surface area contributed by atoms with Gasteiger partial charge in [-0.3, -0.25) is 14.7 Å². The number of ether oxygens (including phenoxy) is 3. The number of allylic oxidation sites excluding steroid dienone is 1. The third kappa shape index (κ3) is 5.13. The van der Waals surface area contributed by atoms with Crippen molar-refractivity contribution in [3.63, 3.8) is 0 Å². The number of para-hydroxylation sites is 2. The van der Waals surface area contributed by atoms with Crippen molar-refractivity contribution in [1.29, 1.82) is 0 Å². The first-order chi connectivity index (χ1) is 20.0. The Labute approximate surface area is 240 Å². The SMILES string of the molecule is COc1cc2c(cc1OC)CN(CCOc1ccccc1C1(CC(N)=O)CC=Cc3cc4ccccc4nc31)CC2. The molecule has 2 aliphatic rings. The third-order valence-electron chi connectivity index (χ3n) is 8.31. The molecule has 1 aromatic heterocycles. The van der Waals surface area contributed by atoms with E-state index in [1.807, 2.05) is 36.4 Å². The number of rotatable bonds is 9. The minimum atomic E-state index is -0.712. The van der Waals surface area contributed by atoms with Crippen molar-refractivity contribution in [2.75, 3.05) is 33.9 Å². The van der Waals surface area contributed by atoms with Crippen LogP contribution in [0.15, 0.2) is 72.8 Å². The van der Waals surface area contributed by atoms with Gasteiger partial charge in [-0.15, -0.1) is 0 Å². The lowest BCUT2D eigenvalue weighted by Crippen LogP contribution is -2.37. The summed E-state index contributed by atoms with van der Waals surface area (Å²) in [4.78, 5) is 20.0. The van der Waals surface area contributed by atoms with Gasteiger partial charge in [0.1, 0.15) is 12.4 Å². The number of pyridine rings is 1. The van der Waals surface area contributed by atoms with Gasteiger partial charge in [0.15, 0.2) is 11.5 Å². The number of carbonyl (C=O) groups excluding carboxylic acids is 1. The second-order valence-corrected chi connectivity index (χ2v) is 10.8. The predicted molar refractivity (Wildman–Crippen MR) is 160 cm³/mol. The molecule has 3 aromatic carbocycles. The molecule has 1 amide bonds. The number of amides is 1. The zero-order valence-corrected chi connectivity index (χ0v) is 23.6. The van der Waals surface area contributed by atoms with Crippen molar-refractivity contribution in [3.8, 4) is 17.2 Å². The van der Waals surface area contributed by atoms with Crippen LogP contribution < -0.4 is 19.9 Å². The van der Waals surface area contributed by atoms with E-state index in [0.717, 1.165) is 71.0 Å². The van der Waals surface area contributed by atoms with Crippen LogP contribution in [0.4, 0.5) is 0 Å². The average Bonchev–Trinajstić information content (AvgIpc) is 2.99. The van der Waals surface area contributed by atoms with Gasteiger partial charge in [0.25, 0.3) is 0 Å². The topological polar surface area (TPSA) is 86.9 Å². The third-order valence-corrected chi connectivity index (χ3v) is 8.31. The Balaban J connectivity index is 1.26. The summed E-state index contributed by atoms with van der Waals surface area (Å²) in [7, 11) is 3.34. The second-order valence-electron chi connectivity index (χ2n) is 10.8. The number of aromatic nitrogens is 1. The highest BCUT2D eigenvalue weighted by molar-refractivity contribution is 5.84. The van der Waals surface area contributed by atoms with Gasteiger partial charge in [0, 0.05) is 37.0 Å². The molecule has 0 radical (unpaired) electrons. The molecule has 0 saturated carbocycles. The fraction of sp³-hybridized carbons (Fsp3) is 0.294. The molecule has 7 heteroatoms.